The Morgan fingerprint density at radius 3 is 2.46 bits per heavy atom. The molecule has 1 heterocycles. The lowest BCUT2D eigenvalue weighted by molar-refractivity contribution is -0.140. The van der Waals surface area contributed by atoms with Crippen molar-refractivity contribution in [3.05, 3.63) is 23.8 Å². The molecule has 26 heavy (non-hydrogen) atoms. The molecule has 6 nitrogen and oxygen atoms in total. The van der Waals surface area contributed by atoms with Crippen molar-refractivity contribution in [1.29, 1.82) is 0 Å². The molecule has 1 aliphatic heterocycles. The van der Waals surface area contributed by atoms with E-state index in [1.165, 1.54) is 4.90 Å². The fraction of sp³-hybridized carbons (Fsp3) is 0.550. The molecule has 0 bridgehead atoms. The van der Waals surface area contributed by atoms with Gasteiger partial charge >= 0.3 is 0 Å². The van der Waals surface area contributed by atoms with Crippen molar-refractivity contribution >= 4 is 23.4 Å². The molecule has 2 unspecified atom stereocenters. The number of imide groups is 1. The van der Waals surface area contributed by atoms with Crippen LogP contribution in [0, 0.1) is 18.8 Å². The van der Waals surface area contributed by atoms with Crippen molar-refractivity contribution in [2.45, 2.75) is 46.0 Å². The number of hydrogen-bond donors (Lipinski definition) is 1. The van der Waals surface area contributed by atoms with E-state index in [1.807, 2.05) is 26.0 Å². The number of carbonyl (C=O) groups excluding carboxylic acids is 3. The predicted molar refractivity (Wildman–Crippen MR) is 97.8 cm³/mol. The van der Waals surface area contributed by atoms with Gasteiger partial charge in [-0.1, -0.05) is 18.9 Å². The number of benzene rings is 1. The highest BCUT2D eigenvalue weighted by Crippen LogP contribution is 2.38. The van der Waals surface area contributed by atoms with E-state index >= 15 is 0 Å². The fourth-order valence-corrected chi connectivity index (χ4v) is 3.89. The average molecular weight is 358 g/mol. The Labute approximate surface area is 153 Å². The van der Waals surface area contributed by atoms with E-state index in [4.69, 9.17) is 4.74 Å². The smallest absolute Gasteiger partial charge is 0.233 e. The van der Waals surface area contributed by atoms with Crippen molar-refractivity contribution in [1.82, 2.24) is 4.90 Å². The largest absolute Gasteiger partial charge is 0.492 e. The van der Waals surface area contributed by atoms with Crippen LogP contribution in [-0.2, 0) is 14.4 Å². The zero-order valence-electron chi connectivity index (χ0n) is 15.4. The molecule has 1 saturated heterocycles. The van der Waals surface area contributed by atoms with Crippen molar-refractivity contribution in [2.75, 3.05) is 18.5 Å². The summed E-state index contributed by atoms with van der Waals surface area (Å²) in [6, 6.07) is 5.58. The number of nitrogens with zero attached hydrogens (tertiary/aromatic N) is 1. The SMILES string of the molecule is CCOc1cc(C)ccc1NC(=O)CCN1C(=O)C2CCCCC2C1=O. The average Bonchev–Trinajstić information content (AvgIpc) is 2.87. The second-order valence-electron chi connectivity index (χ2n) is 7.06. The van der Waals surface area contributed by atoms with Crippen molar-refractivity contribution in [2.24, 2.45) is 11.8 Å². The third kappa shape index (κ3) is 3.74. The van der Waals surface area contributed by atoms with Crippen LogP contribution in [0.4, 0.5) is 5.69 Å². The number of ether oxygens (including phenoxy) is 1. The van der Waals surface area contributed by atoms with Crippen LogP contribution in [0.1, 0.15) is 44.6 Å². The van der Waals surface area contributed by atoms with Crippen LogP contribution >= 0.6 is 0 Å². The number of carbonyl (C=O) groups is 3. The maximum absolute atomic E-state index is 12.5. The standard InChI is InChI=1S/C20H26N2O4/c1-3-26-17-12-13(2)8-9-16(17)21-18(23)10-11-22-19(24)14-6-4-5-7-15(14)20(22)25/h8-9,12,14-15H,3-7,10-11H2,1-2H3,(H,21,23). The van der Waals surface area contributed by atoms with Crippen molar-refractivity contribution < 1.29 is 19.1 Å². The molecule has 1 aliphatic carbocycles. The Hall–Kier alpha value is -2.37. The summed E-state index contributed by atoms with van der Waals surface area (Å²) in [5.41, 5.74) is 1.65. The van der Waals surface area contributed by atoms with Gasteiger partial charge in [-0.2, -0.15) is 0 Å². The van der Waals surface area contributed by atoms with Crippen LogP contribution in [-0.4, -0.2) is 35.8 Å². The van der Waals surface area contributed by atoms with Crippen LogP contribution in [0.5, 0.6) is 5.75 Å². The number of amides is 3. The van der Waals surface area contributed by atoms with Gasteiger partial charge in [0, 0.05) is 13.0 Å². The Balaban J connectivity index is 1.59. The summed E-state index contributed by atoms with van der Waals surface area (Å²) in [6.07, 6.45) is 3.68. The molecule has 1 aromatic rings. The molecular formula is C20H26N2O4. The topological polar surface area (TPSA) is 75.7 Å². The van der Waals surface area contributed by atoms with Crippen LogP contribution in [0.3, 0.4) is 0 Å². The highest BCUT2D eigenvalue weighted by molar-refractivity contribution is 6.05. The number of likely N-dealkylation sites (tertiary alicyclic amines) is 1. The Morgan fingerprint density at radius 1 is 1.19 bits per heavy atom. The summed E-state index contributed by atoms with van der Waals surface area (Å²) in [5.74, 6) is -0.136. The molecule has 1 aromatic carbocycles. The predicted octanol–water partition coefficient (Wildman–Crippen LogP) is 2.90. The number of aryl methyl sites for hydroxylation is 1. The van der Waals surface area contributed by atoms with Gasteiger partial charge in [0.05, 0.1) is 24.1 Å². The lowest BCUT2D eigenvalue weighted by Crippen LogP contribution is -2.34. The third-order valence-corrected chi connectivity index (χ3v) is 5.21. The van der Waals surface area contributed by atoms with Gasteiger partial charge in [-0.25, -0.2) is 0 Å². The summed E-state index contributed by atoms with van der Waals surface area (Å²) in [4.78, 5) is 38.5. The normalized spacial score (nSPS) is 22.3. The Bertz CT molecular complexity index is 692. The van der Waals surface area contributed by atoms with Gasteiger partial charge in [0.1, 0.15) is 5.75 Å². The number of rotatable bonds is 6. The second-order valence-corrected chi connectivity index (χ2v) is 7.06. The van der Waals surface area contributed by atoms with Crippen molar-refractivity contribution in [3.63, 3.8) is 0 Å². The number of hydrogen-bond acceptors (Lipinski definition) is 4. The second kappa shape index (κ2) is 7.89. The number of anilines is 1. The molecule has 6 heteroatoms. The first-order valence-corrected chi connectivity index (χ1v) is 9.39. The van der Waals surface area contributed by atoms with E-state index in [-0.39, 0.29) is 42.5 Å². The quantitative estimate of drug-likeness (QED) is 0.794. The van der Waals surface area contributed by atoms with E-state index in [9.17, 15) is 14.4 Å². The van der Waals surface area contributed by atoms with Gasteiger partial charge in [0.25, 0.3) is 0 Å². The summed E-state index contributed by atoms with van der Waals surface area (Å²) in [5, 5.41) is 2.83. The summed E-state index contributed by atoms with van der Waals surface area (Å²) < 4.78 is 5.56. The van der Waals surface area contributed by atoms with Gasteiger partial charge < -0.3 is 10.1 Å². The maximum Gasteiger partial charge on any atom is 0.233 e. The molecule has 1 N–H and O–H groups in total. The summed E-state index contributed by atoms with van der Waals surface area (Å²) in [7, 11) is 0. The number of fused-ring (bicyclic) bond motifs is 1. The van der Waals surface area contributed by atoms with E-state index in [2.05, 4.69) is 5.32 Å². The van der Waals surface area contributed by atoms with Gasteiger partial charge in [-0.3, -0.25) is 19.3 Å². The molecule has 2 aliphatic rings. The molecule has 140 valence electrons. The lowest BCUT2D eigenvalue weighted by Gasteiger charge is -2.19. The molecule has 2 fully saturated rings. The van der Waals surface area contributed by atoms with E-state index < -0.39 is 0 Å². The third-order valence-electron chi connectivity index (χ3n) is 5.21. The van der Waals surface area contributed by atoms with Crippen LogP contribution in [0.2, 0.25) is 0 Å². The highest BCUT2D eigenvalue weighted by Gasteiger charge is 2.47. The van der Waals surface area contributed by atoms with Crippen molar-refractivity contribution in [3.8, 4) is 5.75 Å². The highest BCUT2D eigenvalue weighted by atomic mass is 16.5. The molecule has 2 atom stereocenters. The first kappa shape index (κ1) is 18.4. The van der Waals surface area contributed by atoms with Gasteiger partial charge in [-0.15, -0.1) is 0 Å². The lowest BCUT2D eigenvalue weighted by atomic mass is 9.81. The maximum atomic E-state index is 12.5. The molecule has 0 spiro atoms. The summed E-state index contributed by atoms with van der Waals surface area (Å²) in [6.45, 7) is 4.49. The minimum Gasteiger partial charge on any atom is -0.492 e. The van der Waals surface area contributed by atoms with Gasteiger partial charge in [0.2, 0.25) is 17.7 Å². The van der Waals surface area contributed by atoms with E-state index in [0.29, 0.717) is 18.0 Å². The van der Waals surface area contributed by atoms with E-state index in [1.54, 1.807) is 6.07 Å². The van der Waals surface area contributed by atoms with Gasteiger partial charge in [0.15, 0.2) is 0 Å². The fourth-order valence-electron chi connectivity index (χ4n) is 3.89. The first-order valence-electron chi connectivity index (χ1n) is 9.39. The number of nitrogens with one attached hydrogen (secondary N) is 1. The first-order chi connectivity index (χ1) is 12.5. The monoisotopic (exact) mass is 358 g/mol. The van der Waals surface area contributed by atoms with Crippen LogP contribution < -0.4 is 10.1 Å². The molecule has 0 radical (unpaired) electrons. The van der Waals surface area contributed by atoms with Gasteiger partial charge in [-0.05, 0) is 44.4 Å². The molecular weight excluding hydrogens is 332 g/mol. The molecule has 1 saturated carbocycles. The zero-order chi connectivity index (χ0) is 18.7. The van der Waals surface area contributed by atoms with Crippen LogP contribution in [0.15, 0.2) is 18.2 Å². The van der Waals surface area contributed by atoms with E-state index in [0.717, 1.165) is 31.2 Å². The Kier molecular flexibility index (Phi) is 5.59. The zero-order valence-corrected chi connectivity index (χ0v) is 15.4. The molecule has 3 rings (SSSR count). The van der Waals surface area contributed by atoms with Crippen LogP contribution in [0.25, 0.3) is 0 Å². The summed E-state index contributed by atoms with van der Waals surface area (Å²) >= 11 is 0. The Morgan fingerprint density at radius 2 is 1.85 bits per heavy atom. The molecule has 0 aromatic heterocycles. The molecule has 3 amide bonds. The minimum absolute atomic E-state index is 0.0936. The minimum atomic E-state index is -0.231.